The van der Waals surface area contributed by atoms with Crippen LogP contribution in [0, 0.1) is 6.92 Å². The molecule has 0 bridgehead atoms. The van der Waals surface area contributed by atoms with Crippen molar-refractivity contribution in [3.05, 3.63) is 78.4 Å². The molecule has 30 heavy (non-hydrogen) atoms. The Balaban J connectivity index is 1.83. The first-order valence-corrected chi connectivity index (χ1v) is 11.3. The molecule has 0 saturated carbocycles. The molecule has 6 heteroatoms. The second-order valence-electron chi connectivity index (χ2n) is 7.77. The smallest absolute Gasteiger partial charge is 0.326 e. The summed E-state index contributed by atoms with van der Waals surface area (Å²) in [5, 5.41) is 9.54. The largest absolute Gasteiger partial charge is 0.480 e. The number of hydrogen-bond donors (Lipinski definition) is 1. The zero-order valence-electron chi connectivity index (χ0n) is 17.3. The number of carboxylic acid groups (broad SMARTS) is 1. The van der Waals surface area contributed by atoms with Crippen LogP contribution in [0.1, 0.15) is 30.9 Å². The molecule has 1 heterocycles. The molecule has 1 atom stereocenters. The Labute approximate surface area is 178 Å². The highest BCUT2D eigenvalue weighted by Gasteiger charge is 2.49. The van der Waals surface area contributed by atoms with Crippen molar-refractivity contribution in [2.24, 2.45) is 0 Å². The van der Waals surface area contributed by atoms with Crippen LogP contribution in [0.25, 0.3) is 16.7 Å². The molecule has 1 aliphatic heterocycles. The highest BCUT2D eigenvalue weighted by atomic mass is 32.2. The van der Waals surface area contributed by atoms with E-state index in [0.717, 1.165) is 22.3 Å². The number of nitrogens with zero attached hydrogens (tertiary/aromatic N) is 1. The van der Waals surface area contributed by atoms with Gasteiger partial charge in [0, 0.05) is 13.1 Å². The number of allylic oxidation sites excluding steroid dienone is 1. The zero-order valence-corrected chi connectivity index (χ0v) is 18.2. The summed E-state index contributed by atoms with van der Waals surface area (Å²) in [6.07, 6.45) is 3.62. The number of sulfonamides is 1. The number of rotatable bonds is 7. The van der Waals surface area contributed by atoms with Crippen molar-refractivity contribution in [1.82, 2.24) is 4.31 Å². The first kappa shape index (κ1) is 22.0. The maximum atomic E-state index is 13.0. The third-order valence-corrected chi connectivity index (χ3v) is 8.24. The Hall–Kier alpha value is -2.70. The molecule has 0 amide bonds. The van der Waals surface area contributed by atoms with Crippen LogP contribution >= 0.6 is 0 Å². The average Bonchev–Trinajstić information content (AvgIpc) is 2.74. The zero-order chi connectivity index (χ0) is 21.9. The van der Waals surface area contributed by atoms with E-state index in [-0.39, 0.29) is 19.5 Å². The normalized spacial score (nSPS) is 17.1. The van der Waals surface area contributed by atoms with Gasteiger partial charge in [-0.2, -0.15) is 4.31 Å². The van der Waals surface area contributed by atoms with Crippen molar-refractivity contribution < 1.29 is 18.3 Å². The third kappa shape index (κ3) is 3.98. The van der Waals surface area contributed by atoms with Crippen LogP contribution in [0.4, 0.5) is 0 Å². The Morgan fingerprint density at radius 2 is 1.90 bits per heavy atom. The number of carboxylic acids is 1. The summed E-state index contributed by atoms with van der Waals surface area (Å²) in [7, 11) is -4.02. The molecular weight excluding hydrogens is 398 g/mol. The third-order valence-electron chi connectivity index (χ3n) is 5.75. The lowest BCUT2D eigenvalue weighted by Gasteiger charge is -2.33. The van der Waals surface area contributed by atoms with Gasteiger partial charge in [0.15, 0.2) is 4.75 Å². The van der Waals surface area contributed by atoms with Gasteiger partial charge in [-0.15, -0.1) is 6.58 Å². The molecule has 0 unspecified atom stereocenters. The Morgan fingerprint density at radius 1 is 1.20 bits per heavy atom. The minimum Gasteiger partial charge on any atom is -0.480 e. The molecule has 0 aliphatic carbocycles. The van der Waals surface area contributed by atoms with Gasteiger partial charge in [0.25, 0.3) is 0 Å². The fraction of sp³-hybridized carbons (Fsp3) is 0.292. The summed E-state index contributed by atoms with van der Waals surface area (Å²) in [5.74, 6) is -1.36. The molecule has 0 spiro atoms. The molecule has 2 aromatic carbocycles. The minimum atomic E-state index is -4.02. The number of aryl methyl sites for hydroxylation is 1. The molecule has 158 valence electrons. The Bertz CT molecular complexity index is 1090. The molecule has 5 nitrogen and oxygen atoms in total. The molecular formula is C24H27NO4S. The van der Waals surface area contributed by atoms with E-state index in [1.54, 1.807) is 0 Å². The van der Waals surface area contributed by atoms with Gasteiger partial charge >= 0.3 is 5.97 Å². The van der Waals surface area contributed by atoms with E-state index < -0.39 is 20.7 Å². The fourth-order valence-electron chi connectivity index (χ4n) is 3.80. The second-order valence-corrected chi connectivity index (χ2v) is 10.1. The van der Waals surface area contributed by atoms with Gasteiger partial charge < -0.3 is 5.11 Å². The summed E-state index contributed by atoms with van der Waals surface area (Å²) in [4.78, 5) is 11.7. The van der Waals surface area contributed by atoms with Crippen molar-refractivity contribution in [3.8, 4) is 11.1 Å². The van der Waals surface area contributed by atoms with Gasteiger partial charge in [0.1, 0.15) is 0 Å². The van der Waals surface area contributed by atoms with Gasteiger partial charge in [-0.3, -0.25) is 4.79 Å². The number of carbonyl (C=O) groups is 1. The minimum absolute atomic E-state index is 0.141. The lowest BCUT2D eigenvalue weighted by molar-refractivity contribution is -0.139. The summed E-state index contributed by atoms with van der Waals surface area (Å²) in [5.41, 5.74) is 5.62. The lowest BCUT2D eigenvalue weighted by Crippen LogP contribution is -2.52. The number of benzene rings is 2. The molecule has 1 aliphatic rings. The van der Waals surface area contributed by atoms with E-state index in [0.29, 0.717) is 6.42 Å². The molecule has 0 radical (unpaired) electrons. The standard InChI is InChI=1S/C24H27NO4S/c1-4-14-24(3,23(26)27)30(28,29)25-15-12-19(13-16-25)21-10-11-22(18(2)17-21)20-8-6-5-7-9-20/h4-12,17H,1,13-16H2,2-3H3,(H,26,27)/t24-/m1/s1. The van der Waals surface area contributed by atoms with Crippen molar-refractivity contribution >= 4 is 21.6 Å². The van der Waals surface area contributed by atoms with Crippen LogP contribution in [0.2, 0.25) is 0 Å². The first-order chi connectivity index (χ1) is 14.2. The van der Waals surface area contributed by atoms with Crippen molar-refractivity contribution in [1.29, 1.82) is 0 Å². The molecule has 2 aromatic rings. The second kappa shape index (κ2) is 8.58. The highest BCUT2D eigenvalue weighted by Crippen LogP contribution is 2.32. The molecule has 0 fully saturated rings. The molecule has 1 N–H and O–H groups in total. The summed E-state index contributed by atoms with van der Waals surface area (Å²) < 4.78 is 25.4. The summed E-state index contributed by atoms with van der Waals surface area (Å²) in [6, 6.07) is 16.4. The van der Waals surface area contributed by atoms with Gasteiger partial charge in [-0.05, 0) is 54.5 Å². The molecule has 0 saturated heterocycles. The number of aliphatic carboxylic acids is 1. The van der Waals surface area contributed by atoms with E-state index >= 15 is 0 Å². The van der Waals surface area contributed by atoms with E-state index in [2.05, 4.69) is 43.8 Å². The van der Waals surface area contributed by atoms with Crippen LogP contribution < -0.4 is 0 Å². The Morgan fingerprint density at radius 3 is 2.43 bits per heavy atom. The van der Waals surface area contributed by atoms with Gasteiger partial charge in [-0.1, -0.05) is 60.7 Å². The van der Waals surface area contributed by atoms with Gasteiger partial charge in [-0.25, -0.2) is 8.42 Å². The van der Waals surface area contributed by atoms with Crippen LogP contribution in [-0.4, -0.2) is 41.6 Å². The van der Waals surface area contributed by atoms with Crippen LogP contribution in [0.3, 0.4) is 0 Å². The van der Waals surface area contributed by atoms with Crippen LogP contribution in [0.5, 0.6) is 0 Å². The lowest BCUT2D eigenvalue weighted by atomic mass is 9.94. The number of hydrogen-bond acceptors (Lipinski definition) is 3. The molecule has 0 aromatic heterocycles. The predicted molar refractivity (Wildman–Crippen MR) is 121 cm³/mol. The van der Waals surface area contributed by atoms with Gasteiger partial charge in [0.05, 0.1) is 0 Å². The maximum absolute atomic E-state index is 13.0. The van der Waals surface area contributed by atoms with E-state index in [9.17, 15) is 18.3 Å². The quantitative estimate of drug-likeness (QED) is 0.663. The summed E-state index contributed by atoms with van der Waals surface area (Å²) in [6.45, 7) is 7.26. The monoisotopic (exact) mass is 425 g/mol. The predicted octanol–water partition coefficient (Wildman–Crippen LogP) is 4.50. The van der Waals surface area contributed by atoms with E-state index in [1.165, 1.54) is 22.9 Å². The average molecular weight is 426 g/mol. The summed E-state index contributed by atoms with van der Waals surface area (Å²) >= 11 is 0. The Kier molecular flexibility index (Phi) is 6.29. The SMILES string of the molecule is C=CC[C@](C)(C(=O)O)S(=O)(=O)N1CC=C(c2ccc(-c3ccccc3)c(C)c2)CC1. The van der Waals surface area contributed by atoms with Gasteiger partial charge in [0.2, 0.25) is 10.0 Å². The first-order valence-electron chi connectivity index (χ1n) is 9.90. The van der Waals surface area contributed by atoms with Crippen LogP contribution in [0.15, 0.2) is 67.3 Å². The maximum Gasteiger partial charge on any atom is 0.326 e. The molecule has 3 rings (SSSR count). The van der Waals surface area contributed by atoms with Crippen molar-refractivity contribution in [3.63, 3.8) is 0 Å². The van der Waals surface area contributed by atoms with Crippen molar-refractivity contribution in [2.75, 3.05) is 13.1 Å². The van der Waals surface area contributed by atoms with Crippen LogP contribution in [-0.2, 0) is 14.8 Å². The fourth-order valence-corrected chi connectivity index (χ4v) is 5.52. The van der Waals surface area contributed by atoms with E-state index in [4.69, 9.17) is 0 Å². The highest BCUT2D eigenvalue weighted by molar-refractivity contribution is 7.91. The van der Waals surface area contributed by atoms with Crippen molar-refractivity contribution in [2.45, 2.75) is 31.4 Å². The van der Waals surface area contributed by atoms with E-state index in [1.807, 2.05) is 24.3 Å². The topological polar surface area (TPSA) is 74.7 Å².